The average Bonchev–Trinajstić information content (AvgIpc) is 3.15. The van der Waals surface area contributed by atoms with E-state index in [4.69, 9.17) is 0 Å². The lowest BCUT2D eigenvalue weighted by molar-refractivity contribution is 0.0984. The Hall–Kier alpha value is -4.18. The highest BCUT2D eigenvalue weighted by Gasteiger charge is 2.48. The largest absolute Gasteiger partial charge is 0.507 e. The number of aromatic hydroxyl groups is 2. The van der Waals surface area contributed by atoms with Crippen molar-refractivity contribution in [2.75, 3.05) is 0 Å². The molecule has 1 aliphatic rings. The van der Waals surface area contributed by atoms with Crippen molar-refractivity contribution in [3.8, 4) is 11.5 Å². The van der Waals surface area contributed by atoms with Crippen LogP contribution in [-0.4, -0.2) is 16.0 Å². The van der Waals surface area contributed by atoms with E-state index in [1.807, 2.05) is 60.7 Å². The number of carbonyl (C=O) groups is 1. The van der Waals surface area contributed by atoms with Gasteiger partial charge in [0.25, 0.3) is 0 Å². The minimum atomic E-state index is -0.991. The quantitative estimate of drug-likeness (QED) is 0.335. The fraction of sp³-hybridized carbons (Fsp3) is 0.0690. The van der Waals surface area contributed by atoms with E-state index in [2.05, 4.69) is 0 Å². The summed E-state index contributed by atoms with van der Waals surface area (Å²) < 4.78 is 15.1. The van der Waals surface area contributed by atoms with Crippen molar-refractivity contribution in [2.24, 2.45) is 0 Å². The molecule has 0 aromatic heterocycles. The third-order valence-electron chi connectivity index (χ3n) is 6.90. The Balaban J connectivity index is 1.84. The van der Waals surface area contributed by atoms with Crippen LogP contribution in [0.4, 0.5) is 4.39 Å². The van der Waals surface area contributed by atoms with Gasteiger partial charge in [-0.2, -0.15) is 0 Å². The van der Waals surface area contributed by atoms with Crippen LogP contribution in [0.3, 0.4) is 0 Å². The second-order valence-electron chi connectivity index (χ2n) is 8.53. The number of hydrogen-bond donors (Lipinski definition) is 2. The van der Waals surface area contributed by atoms with Crippen molar-refractivity contribution >= 4 is 27.3 Å². The van der Waals surface area contributed by atoms with Gasteiger partial charge in [0.05, 0.1) is 5.41 Å². The molecule has 0 heterocycles. The van der Waals surface area contributed by atoms with E-state index in [-0.39, 0.29) is 18.0 Å². The molecule has 2 N–H and O–H groups in total. The van der Waals surface area contributed by atoms with Crippen molar-refractivity contribution in [1.29, 1.82) is 0 Å². The number of rotatable bonds is 2. The Morgan fingerprint density at radius 2 is 1.27 bits per heavy atom. The molecule has 0 aliphatic heterocycles. The number of benzene rings is 5. The molecule has 160 valence electrons. The van der Waals surface area contributed by atoms with Crippen LogP contribution in [0, 0.1) is 5.82 Å². The number of carbonyl (C=O) groups excluding carboxylic acids is 1. The molecule has 0 saturated carbocycles. The maximum atomic E-state index is 15.1. The first-order valence-electron chi connectivity index (χ1n) is 10.8. The van der Waals surface area contributed by atoms with Gasteiger partial charge < -0.3 is 10.2 Å². The van der Waals surface area contributed by atoms with E-state index >= 15 is 4.39 Å². The van der Waals surface area contributed by atoms with Gasteiger partial charge in [0, 0.05) is 22.8 Å². The Morgan fingerprint density at radius 3 is 2.03 bits per heavy atom. The summed E-state index contributed by atoms with van der Waals surface area (Å²) in [6.07, 6.45) is 0.120. The molecular weight excluding hydrogens is 415 g/mol. The van der Waals surface area contributed by atoms with E-state index in [0.29, 0.717) is 27.3 Å². The lowest BCUT2D eigenvalue weighted by atomic mass is 9.67. The minimum absolute atomic E-state index is 0.0275. The summed E-state index contributed by atoms with van der Waals surface area (Å²) in [5.74, 6) is -1.02. The van der Waals surface area contributed by atoms with E-state index in [0.717, 1.165) is 16.5 Å². The van der Waals surface area contributed by atoms with Crippen LogP contribution < -0.4 is 0 Å². The second-order valence-corrected chi connectivity index (χ2v) is 8.53. The molecule has 0 saturated heterocycles. The monoisotopic (exact) mass is 434 g/mol. The maximum Gasteiger partial charge on any atom is 0.165 e. The van der Waals surface area contributed by atoms with Crippen molar-refractivity contribution in [2.45, 2.75) is 11.8 Å². The predicted molar refractivity (Wildman–Crippen MR) is 126 cm³/mol. The van der Waals surface area contributed by atoms with Gasteiger partial charge in [0.1, 0.15) is 5.75 Å². The highest BCUT2D eigenvalue weighted by atomic mass is 19.1. The highest BCUT2D eigenvalue weighted by molar-refractivity contribution is 6.07. The van der Waals surface area contributed by atoms with Crippen LogP contribution in [0.15, 0.2) is 91.0 Å². The SMILES string of the molecule is O=C1CC(c2ccc(O)c3ccccc23)(c2cc(F)c(O)c3ccccc23)c2ccccc21. The molecule has 3 nitrogen and oxygen atoms in total. The number of phenols is 2. The van der Waals surface area contributed by atoms with E-state index in [1.54, 1.807) is 24.3 Å². The zero-order valence-corrected chi connectivity index (χ0v) is 17.5. The second kappa shape index (κ2) is 6.91. The van der Waals surface area contributed by atoms with Gasteiger partial charge in [0.15, 0.2) is 17.3 Å². The van der Waals surface area contributed by atoms with E-state index < -0.39 is 17.0 Å². The van der Waals surface area contributed by atoms with E-state index in [1.165, 1.54) is 6.07 Å². The topological polar surface area (TPSA) is 57.5 Å². The van der Waals surface area contributed by atoms with Gasteiger partial charge in [-0.3, -0.25) is 4.79 Å². The number of halogens is 1. The molecule has 33 heavy (non-hydrogen) atoms. The van der Waals surface area contributed by atoms with Crippen LogP contribution in [0.25, 0.3) is 21.5 Å². The molecule has 0 amide bonds. The van der Waals surface area contributed by atoms with Gasteiger partial charge in [0.2, 0.25) is 0 Å². The first-order valence-corrected chi connectivity index (χ1v) is 10.8. The Morgan fingerprint density at radius 1 is 0.667 bits per heavy atom. The van der Waals surface area contributed by atoms with Crippen molar-refractivity contribution in [1.82, 2.24) is 0 Å². The standard InChI is InChI=1S/C29H19FO3/c30-25-15-24(18-8-2-4-10-20(18)28(25)33)29(16-27(32)21-11-5-6-12-22(21)29)23-13-14-26(31)19-9-3-1-7-17(19)23/h1-15,31,33H,16H2. The third kappa shape index (κ3) is 2.58. The van der Waals surface area contributed by atoms with Crippen molar-refractivity contribution in [3.63, 3.8) is 0 Å². The Bertz CT molecular complexity index is 1600. The lowest BCUT2D eigenvalue weighted by Gasteiger charge is -2.34. The number of Topliss-reactive ketones (excluding diaryl/α,β-unsaturated/α-hetero) is 1. The Labute approximate surface area is 189 Å². The predicted octanol–water partition coefficient (Wildman–Crippen LogP) is 6.46. The molecular formula is C29H19FO3. The third-order valence-corrected chi connectivity index (χ3v) is 6.90. The molecule has 0 spiro atoms. The van der Waals surface area contributed by atoms with Crippen molar-refractivity contribution < 1.29 is 19.4 Å². The highest BCUT2D eigenvalue weighted by Crippen LogP contribution is 2.53. The number of phenolic OH excluding ortho intramolecular Hbond substituents is 2. The van der Waals surface area contributed by atoms with Gasteiger partial charge in [-0.1, -0.05) is 78.9 Å². The summed E-state index contributed by atoms with van der Waals surface area (Å²) in [5, 5.41) is 23.5. The first-order chi connectivity index (χ1) is 16.0. The number of fused-ring (bicyclic) bond motifs is 3. The van der Waals surface area contributed by atoms with Gasteiger partial charge in [-0.25, -0.2) is 4.39 Å². The maximum absolute atomic E-state index is 15.1. The van der Waals surface area contributed by atoms with Crippen LogP contribution in [0.1, 0.15) is 33.5 Å². The minimum Gasteiger partial charge on any atom is -0.507 e. The van der Waals surface area contributed by atoms with Crippen LogP contribution in [0.2, 0.25) is 0 Å². The summed E-state index contributed by atoms with van der Waals surface area (Å²) >= 11 is 0. The summed E-state index contributed by atoms with van der Waals surface area (Å²) in [5.41, 5.74) is 1.83. The molecule has 0 bridgehead atoms. The van der Waals surface area contributed by atoms with E-state index in [9.17, 15) is 15.0 Å². The fourth-order valence-corrected chi connectivity index (χ4v) is 5.49. The Kier molecular flexibility index (Phi) is 4.08. The zero-order valence-electron chi connectivity index (χ0n) is 17.5. The molecule has 1 atom stereocenters. The molecule has 0 fully saturated rings. The van der Waals surface area contributed by atoms with Gasteiger partial charge >= 0.3 is 0 Å². The molecule has 6 rings (SSSR count). The summed E-state index contributed by atoms with van der Waals surface area (Å²) in [6.45, 7) is 0. The van der Waals surface area contributed by atoms with Gasteiger partial charge in [-0.05, 0) is 39.6 Å². The van der Waals surface area contributed by atoms with Crippen LogP contribution in [-0.2, 0) is 5.41 Å². The van der Waals surface area contributed by atoms with Crippen molar-refractivity contribution in [3.05, 3.63) is 119 Å². The molecule has 4 heteroatoms. The lowest BCUT2D eigenvalue weighted by Crippen LogP contribution is -2.28. The summed E-state index contributed by atoms with van der Waals surface area (Å²) in [6, 6.07) is 26.9. The number of ketones is 1. The fourth-order valence-electron chi connectivity index (χ4n) is 5.49. The van der Waals surface area contributed by atoms with Crippen LogP contribution >= 0.6 is 0 Å². The molecule has 1 aliphatic carbocycles. The molecule has 5 aromatic rings. The van der Waals surface area contributed by atoms with Gasteiger partial charge in [-0.15, -0.1) is 0 Å². The zero-order chi connectivity index (χ0) is 22.7. The number of hydrogen-bond acceptors (Lipinski definition) is 3. The molecule has 0 radical (unpaired) electrons. The van der Waals surface area contributed by atoms with Crippen LogP contribution in [0.5, 0.6) is 11.5 Å². The smallest absolute Gasteiger partial charge is 0.165 e. The first kappa shape index (κ1) is 19.5. The average molecular weight is 434 g/mol. The molecule has 1 unspecified atom stereocenters. The molecule has 5 aromatic carbocycles. The normalized spacial score (nSPS) is 17.5. The summed E-state index contributed by atoms with van der Waals surface area (Å²) in [4.78, 5) is 13.3. The summed E-state index contributed by atoms with van der Waals surface area (Å²) in [7, 11) is 0.